The molecule has 32 heavy (non-hydrogen) atoms. The summed E-state index contributed by atoms with van der Waals surface area (Å²) in [4.78, 5) is 12.1. The van der Waals surface area contributed by atoms with Crippen molar-refractivity contribution in [3.05, 3.63) is 89.8 Å². The van der Waals surface area contributed by atoms with Crippen LogP contribution in [0.15, 0.2) is 98.2 Å². The molecule has 0 atom stereocenters. The van der Waals surface area contributed by atoms with Gasteiger partial charge in [0.1, 0.15) is 10.8 Å². The Morgan fingerprint density at radius 3 is 2.31 bits per heavy atom. The topological polar surface area (TPSA) is 107 Å². The van der Waals surface area contributed by atoms with E-state index in [9.17, 15) is 21.6 Å². The van der Waals surface area contributed by atoms with E-state index in [1.54, 1.807) is 35.7 Å². The van der Waals surface area contributed by atoms with Crippen molar-refractivity contribution >= 4 is 48.1 Å². The van der Waals surface area contributed by atoms with E-state index >= 15 is 0 Å². The summed E-state index contributed by atoms with van der Waals surface area (Å²) in [6, 6.07) is 21.2. The van der Waals surface area contributed by atoms with Gasteiger partial charge in [0.25, 0.3) is 10.0 Å². The van der Waals surface area contributed by atoms with Crippen LogP contribution in [0.5, 0.6) is 0 Å². The quantitative estimate of drug-likeness (QED) is 0.433. The second-order valence-electron chi connectivity index (χ2n) is 6.73. The Morgan fingerprint density at radius 1 is 0.844 bits per heavy atom. The second-order valence-corrected chi connectivity index (χ2v) is 11.5. The maximum absolute atomic E-state index is 13.3. The number of hydrogen-bond donors (Lipinski definition) is 1. The van der Waals surface area contributed by atoms with Gasteiger partial charge in [-0.1, -0.05) is 54.6 Å². The Labute approximate surface area is 189 Å². The van der Waals surface area contributed by atoms with Gasteiger partial charge < -0.3 is 4.74 Å². The van der Waals surface area contributed by atoms with Crippen LogP contribution in [-0.2, 0) is 31.2 Å². The molecule has 1 N–H and O–H groups in total. The van der Waals surface area contributed by atoms with Crippen LogP contribution in [0, 0.1) is 0 Å². The predicted octanol–water partition coefficient (Wildman–Crippen LogP) is 4.35. The van der Waals surface area contributed by atoms with Gasteiger partial charge in [0.05, 0.1) is 9.79 Å². The standard InChI is InChI=1S/C22H17NO6S3/c24-22(23-32(27,28)21-10-5-13-30-21)29-15-18-8-3-4-9-20(18)31(25,26)19-12-11-16-6-1-2-7-17(16)14-19/h1-14H,15H2,(H,23,24). The molecular weight excluding hydrogens is 470 g/mol. The van der Waals surface area contributed by atoms with Gasteiger partial charge in [-0.25, -0.2) is 26.4 Å². The maximum Gasteiger partial charge on any atom is 0.421 e. The Bertz CT molecular complexity index is 1490. The first-order valence-electron chi connectivity index (χ1n) is 9.32. The van der Waals surface area contributed by atoms with E-state index in [1.165, 1.54) is 24.3 Å². The zero-order chi connectivity index (χ0) is 22.8. The van der Waals surface area contributed by atoms with Gasteiger partial charge in [0, 0.05) is 5.56 Å². The van der Waals surface area contributed by atoms with Crippen molar-refractivity contribution in [1.29, 1.82) is 0 Å². The molecule has 0 fully saturated rings. The van der Waals surface area contributed by atoms with Crippen molar-refractivity contribution in [3.8, 4) is 0 Å². The summed E-state index contributed by atoms with van der Waals surface area (Å²) in [6.07, 6.45) is -1.20. The first kappa shape index (κ1) is 22.0. The summed E-state index contributed by atoms with van der Waals surface area (Å²) < 4.78 is 57.6. The zero-order valence-corrected chi connectivity index (χ0v) is 18.9. The van der Waals surface area contributed by atoms with Crippen LogP contribution in [0.1, 0.15) is 5.56 Å². The molecule has 164 valence electrons. The Balaban J connectivity index is 1.56. The zero-order valence-electron chi connectivity index (χ0n) is 16.5. The fraction of sp³-hybridized carbons (Fsp3) is 0.0455. The van der Waals surface area contributed by atoms with Crippen LogP contribution in [0.2, 0.25) is 0 Å². The number of rotatable bonds is 6. The van der Waals surface area contributed by atoms with E-state index in [0.29, 0.717) is 0 Å². The molecule has 1 heterocycles. The molecule has 0 unspecified atom stereocenters. The molecule has 10 heteroatoms. The van der Waals surface area contributed by atoms with Gasteiger partial charge in [-0.3, -0.25) is 0 Å². The van der Waals surface area contributed by atoms with Crippen molar-refractivity contribution in [2.24, 2.45) is 0 Å². The highest BCUT2D eigenvalue weighted by molar-refractivity contribution is 7.92. The number of carbonyl (C=O) groups excluding carboxylic acids is 1. The van der Waals surface area contributed by atoms with Crippen LogP contribution in [0.4, 0.5) is 4.79 Å². The van der Waals surface area contributed by atoms with E-state index in [0.717, 1.165) is 22.1 Å². The van der Waals surface area contributed by atoms with Crippen LogP contribution in [-0.4, -0.2) is 22.9 Å². The summed E-state index contributed by atoms with van der Waals surface area (Å²) in [5, 5.41) is 3.25. The fourth-order valence-corrected chi connectivity index (χ4v) is 6.49. The third kappa shape index (κ3) is 4.52. The number of ether oxygens (including phenoxy) is 1. The maximum atomic E-state index is 13.3. The molecule has 4 aromatic rings. The van der Waals surface area contributed by atoms with E-state index in [2.05, 4.69) is 0 Å². The van der Waals surface area contributed by atoms with Crippen molar-refractivity contribution < 1.29 is 26.4 Å². The van der Waals surface area contributed by atoms with Crippen LogP contribution < -0.4 is 4.72 Å². The summed E-state index contributed by atoms with van der Waals surface area (Å²) in [7, 11) is -7.96. The minimum Gasteiger partial charge on any atom is -0.444 e. The molecule has 0 radical (unpaired) electrons. The molecule has 0 aliphatic heterocycles. The molecule has 4 rings (SSSR count). The van der Waals surface area contributed by atoms with Gasteiger partial charge in [0.15, 0.2) is 0 Å². The minimum absolute atomic E-state index is 0.0239. The molecule has 0 aliphatic carbocycles. The molecule has 1 amide bonds. The van der Waals surface area contributed by atoms with Gasteiger partial charge in [0.2, 0.25) is 9.84 Å². The average molecular weight is 488 g/mol. The van der Waals surface area contributed by atoms with E-state index in [1.807, 2.05) is 29.0 Å². The largest absolute Gasteiger partial charge is 0.444 e. The minimum atomic E-state index is -4.05. The summed E-state index contributed by atoms with van der Waals surface area (Å²) >= 11 is 0.953. The number of hydrogen-bond acceptors (Lipinski definition) is 7. The molecule has 0 saturated heterocycles. The Kier molecular flexibility index (Phi) is 6.00. The van der Waals surface area contributed by atoms with Gasteiger partial charge >= 0.3 is 6.09 Å². The van der Waals surface area contributed by atoms with Crippen LogP contribution in [0.3, 0.4) is 0 Å². The van der Waals surface area contributed by atoms with Crippen molar-refractivity contribution in [1.82, 2.24) is 4.72 Å². The highest BCUT2D eigenvalue weighted by atomic mass is 32.2. The number of carbonyl (C=O) groups is 1. The lowest BCUT2D eigenvalue weighted by Gasteiger charge is -2.12. The second kappa shape index (κ2) is 8.73. The average Bonchev–Trinajstić information content (AvgIpc) is 3.33. The SMILES string of the molecule is O=C(NS(=O)(=O)c1cccs1)OCc1ccccc1S(=O)(=O)c1ccc2ccccc2c1. The molecule has 0 aliphatic rings. The molecule has 1 aromatic heterocycles. The summed E-state index contributed by atoms with van der Waals surface area (Å²) in [6.45, 7) is -0.422. The third-order valence-electron chi connectivity index (χ3n) is 4.63. The first-order valence-corrected chi connectivity index (χ1v) is 13.2. The number of fused-ring (bicyclic) bond motifs is 1. The molecule has 3 aromatic carbocycles. The van der Waals surface area contributed by atoms with E-state index in [-0.39, 0.29) is 19.6 Å². The van der Waals surface area contributed by atoms with Crippen molar-refractivity contribution in [2.45, 2.75) is 20.6 Å². The lowest BCUT2D eigenvalue weighted by Crippen LogP contribution is -2.30. The summed E-state index contributed by atoms with van der Waals surface area (Å²) in [5.74, 6) is 0. The number of sulfonamides is 1. The highest BCUT2D eigenvalue weighted by Gasteiger charge is 2.23. The van der Waals surface area contributed by atoms with Crippen LogP contribution >= 0.6 is 11.3 Å². The van der Waals surface area contributed by atoms with Crippen LogP contribution in [0.25, 0.3) is 10.8 Å². The molecule has 0 saturated carbocycles. The molecule has 0 bridgehead atoms. The van der Waals surface area contributed by atoms with Gasteiger partial charge in [-0.05, 0) is 40.4 Å². The Morgan fingerprint density at radius 2 is 1.56 bits per heavy atom. The highest BCUT2D eigenvalue weighted by Crippen LogP contribution is 2.27. The lowest BCUT2D eigenvalue weighted by molar-refractivity contribution is 0.145. The van der Waals surface area contributed by atoms with Gasteiger partial charge in [-0.15, -0.1) is 11.3 Å². The Hall–Kier alpha value is -3.21. The van der Waals surface area contributed by atoms with Crippen molar-refractivity contribution in [3.63, 3.8) is 0 Å². The summed E-state index contributed by atoms with van der Waals surface area (Å²) in [5.41, 5.74) is 0.226. The van der Waals surface area contributed by atoms with Gasteiger partial charge in [-0.2, -0.15) is 0 Å². The number of sulfone groups is 1. The van der Waals surface area contributed by atoms with E-state index < -0.39 is 32.6 Å². The predicted molar refractivity (Wildman–Crippen MR) is 121 cm³/mol. The molecule has 0 spiro atoms. The lowest BCUT2D eigenvalue weighted by atomic mass is 10.1. The number of nitrogens with one attached hydrogen (secondary N) is 1. The third-order valence-corrected chi connectivity index (χ3v) is 9.19. The smallest absolute Gasteiger partial charge is 0.421 e. The van der Waals surface area contributed by atoms with Crippen molar-refractivity contribution in [2.75, 3.05) is 0 Å². The number of amides is 1. The first-order chi connectivity index (χ1) is 15.3. The normalized spacial score (nSPS) is 11.9. The number of thiophene rings is 1. The molecular formula is C22H17NO6S3. The number of benzene rings is 3. The monoisotopic (exact) mass is 487 g/mol. The van der Waals surface area contributed by atoms with E-state index in [4.69, 9.17) is 4.74 Å². The fourth-order valence-electron chi connectivity index (χ4n) is 3.10. The molecule has 7 nitrogen and oxygen atoms in total.